The lowest BCUT2D eigenvalue weighted by Gasteiger charge is -2.38. The van der Waals surface area contributed by atoms with Gasteiger partial charge in [0.2, 0.25) is 0 Å². The van der Waals surface area contributed by atoms with Gasteiger partial charge in [-0.25, -0.2) is 0 Å². The summed E-state index contributed by atoms with van der Waals surface area (Å²) in [7, 11) is 0. The first kappa shape index (κ1) is 13.3. The Bertz CT molecular complexity index is 384. The molecule has 0 bridgehead atoms. The summed E-state index contributed by atoms with van der Waals surface area (Å²) in [5.74, 6) is 0. The van der Waals surface area contributed by atoms with Crippen LogP contribution in [0.5, 0.6) is 0 Å². The minimum atomic E-state index is 0.0314. The normalized spacial score (nSPS) is 21.9. The minimum Gasteiger partial charge on any atom is -0.394 e. The number of hydrogen-bond acceptors (Lipinski definition) is 4. The molecule has 1 heterocycles. The largest absolute Gasteiger partial charge is 0.394 e. The van der Waals surface area contributed by atoms with E-state index in [-0.39, 0.29) is 18.7 Å². The summed E-state index contributed by atoms with van der Waals surface area (Å²) in [6.45, 7) is 4.27. The monoisotopic (exact) mass is 250 g/mol. The molecule has 0 aromatic heterocycles. The highest BCUT2D eigenvalue weighted by Crippen LogP contribution is 2.29. The Balaban J connectivity index is 2.30. The summed E-state index contributed by atoms with van der Waals surface area (Å²) in [5, 5.41) is 9.46. The van der Waals surface area contributed by atoms with Gasteiger partial charge in [-0.2, -0.15) is 0 Å². The Morgan fingerprint density at radius 3 is 3.00 bits per heavy atom. The van der Waals surface area contributed by atoms with Gasteiger partial charge >= 0.3 is 0 Å². The maximum Gasteiger partial charge on any atom is 0.0755 e. The lowest BCUT2D eigenvalue weighted by atomic mass is 10.0. The predicted molar refractivity (Wildman–Crippen MR) is 72.7 cm³/mol. The third kappa shape index (κ3) is 2.66. The van der Waals surface area contributed by atoms with Crippen LogP contribution in [-0.4, -0.2) is 37.5 Å². The smallest absolute Gasteiger partial charge is 0.0755 e. The second-order valence-electron chi connectivity index (χ2n) is 4.68. The van der Waals surface area contributed by atoms with Crippen LogP contribution in [0.4, 0.5) is 5.69 Å². The predicted octanol–water partition coefficient (Wildman–Crippen LogP) is 1.29. The summed E-state index contributed by atoms with van der Waals surface area (Å²) < 4.78 is 5.42. The second kappa shape index (κ2) is 6.18. The highest BCUT2D eigenvalue weighted by atomic mass is 16.5. The van der Waals surface area contributed by atoms with Crippen molar-refractivity contribution in [1.29, 1.82) is 0 Å². The van der Waals surface area contributed by atoms with Gasteiger partial charge in [0.05, 0.1) is 25.9 Å². The van der Waals surface area contributed by atoms with Gasteiger partial charge in [0.25, 0.3) is 0 Å². The molecule has 1 aliphatic heterocycles. The Labute approximate surface area is 108 Å². The van der Waals surface area contributed by atoms with Crippen LogP contribution in [0.25, 0.3) is 0 Å². The van der Waals surface area contributed by atoms with E-state index < -0.39 is 0 Å². The molecule has 1 aromatic carbocycles. The Morgan fingerprint density at radius 2 is 2.28 bits per heavy atom. The van der Waals surface area contributed by atoms with Crippen LogP contribution in [0.15, 0.2) is 24.3 Å². The lowest BCUT2D eigenvalue weighted by molar-refractivity contribution is 0.0726. The first-order chi connectivity index (χ1) is 8.77. The van der Waals surface area contributed by atoms with E-state index in [0.29, 0.717) is 13.2 Å². The molecule has 1 aromatic rings. The van der Waals surface area contributed by atoms with Gasteiger partial charge in [-0.15, -0.1) is 0 Å². The lowest BCUT2D eigenvalue weighted by Crippen LogP contribution is -2.48. The maximum absolute atomic E-state index is 9.46. The molecule has 4 nitrogen and oxygen atoms in total. The van der Waals surface area contributed by atoms with Crippen molar-refractivity contribution in [3.63, 3.8) is 0 Å². The molecule has 0 radical (unpaired) electrons. The molecule has 100 valence electrons. The van der Waals surface area contributed by atoms with Crippen LogP contribution in [0, 0.1) is 0 Å². The average molecular weight is 250 g/mol. The average Bonchev–Trinajstić information content (AvgIpc) is 2.46. The van der Waals surface area contributed by atoms with Crippen molar-refractivity contribution in [2.45, 2.75) is 25.4 Å². The summed E-state index contributed by atoms with van der Waals surface area (Å²) in [5.41, 5.74) is 8.45. The molecule has 1 saturated heterocycles. The molecule has 4 heteroatoms. The number of aliphatic hydroxyl groups is 1. The van der Waals surface area contributed by atoms with E-state index in [1.54, 1.807) is 0 Å². The van der Waals surface area contributed by atoms with E-state index >= 15 is 0 Å². The zero-order valence-electron chi connectivity index (χ0n) is 10.9. The van der Waals surface area contributed by atoms with E-state index in [1.807, 2.05) is 12.1 Å². The van der Waals surface area contributed by atoms with E-state index in [4.69, 9.17) is 10.5 Å². The number of ether oxygens (including phenoxy) is 1. The van der Waals surface area contributed by atoms with Crippen molar-refractivity contribution in [2.75, 3.05) is 31.3 Å². The van der Waals surface area contributed by atoms with Gasteiger partial charge in [-0.1, -0.05) is 25.1 Å². The van der Waals surface area contributed by atoms with Crippen LogP contribution >= 0.6 is 0 Å². The van der Waals surface area contributed by atoms with Gasteiger partial charge in [0.1, 0.15) is 0 Å². The van der Waals surface area contributed by atoms with Crippen LogP contribution in [0.3, 0.4) is 0 Å². The molecule has 1 unspecified atom stereocenters. The summed E-state index contributed by atoms with van der Waals surface area (Å²) in [6.07, 6.45) is 0.908. The molecule has 2 atom stereocenters. The number of morpholine rings is 1. The third-order valence-corrected chi connectivity index (χ3v) is 3.52. The number of rotatable bonds is 4. The van der Waals surface area contributed by atoms with Gasteiger partial charge in [-0.05, 0) is 18.1 Å². The molecule has 0 saturated carbocycles. The van der Waals surface area contributed by atoms with Crippen LogP contribution in [0.1, 0.15) is 24.9 Å². The zero-order valence-corrected chi connectivity index (χ0v) is 10.9. The highest BCUT2D eigenvalue weighted by molar-refractivity contribution is 5.56. The van der Waals surface area contributed by atoms with E-state index in [0.717, 1.165) is 24.2 Å². The van der Waals surface area contributed by atoms with Gasteiger partial charge < -0.3 is 20.5 Å². The topological polar surface area (TPSA) is 58.7 Å². The molecule has 18 heavy (non-hydrogen) atoms. The first-order valence-electron chi connectivity index (χ1n) is 6.57. The van der Waals surface area contributed by atoms with Crippen LogP contribution in [0.2, 0.25) is 0 Å². The summed E-state index contributed by atoms with van der Waals surface area (Å²) in [6, 6.07) is 8.27. The maximum atomic E-state index is 9.46. The van der Waals surface area contributed by atoms with E-state index in [2.05, 4.69) is 24.0 Å². The molecule has 0 aliphatic carbocycles. The van der Waals surface area contributed by atoms with Crippen LogP contribution < -0.4 is 10.6 Å². The number of anilines is 1. The van der Waals surface area contributed by atoms with Crippen molar-refractivity contribution < 1.29 is 9.84 Å². The number of benzene rings is 1. The molecule has 1 aliphatic rings. The number of nitrogens with zero attached hydrogens (tertiary/aromatic N) is 1. The molecular formula is C14H22N2O2. The van der Waals surface area contributed by atoms with Crippen molar-refractivity contribution >= 4 is 5.69 Å². The van der Waals surface area contributed by atoms with Crippen molar-refractivity contribution in [3.05, 3.63) is 29.8 Å². The summed E-state index contributed by atoms with van der Waals surface area (Å²) >= 11 is 0. The fourth-order valence-corrected chi connectivity index (χ4v) is 2.41. The second-order valence-corrected chi connectivity index (χ2v) is 4.68. The molecule has 0 amide bonds. The van der Waals surface area contributed by atoms with E-state index in [1.165, 1.54) is 0 Å². The number of para-hydroxylation sites is 1. The van der Waals surface area contributed by atoms with Gasteiger partial charge in [0, 0.05) is 18.3 Å². The molecule has 2 rings (SSSR count). The zero-order chi connectivity index (χ0) is 13.0. The third-order valence-electron chi connectivity index (χ3n) is 3.52. The Kier molecular flexibility index (Phi) is 4.58. The molecule has 1 fully saturated rings. The fourth-order valence-electron chi connectivity index (χ4n) is 2.41. The number of aliphatic hydroxyl groups excluding tert-OH is 1. The number of hydrogen-bond donors (Lipinski definition) is 2. The quantitative estimate of drug-likeness (QED) is 0.845. The fraction of sp³-hybridized carbons (Fsp3) is 0.571. The number of nitrogens with two attached hydrogens (primary N) is 1. The Hall–Kier alpha value is -1.10. The highest BCUT2D eigenvalue weighted by Gasteiger charge is 2.25. The molecule has 3 N–H and O–H groups in total. The summed E-state index contributed by atoms with van der Waals surface area (Å²) in [4.78, 5) is 2.22. The van der Waals surface area contributed by atoms with Gasteiger partial charge in [-0.3, -0.25) is 0 Å². The van der Waals surface area contributed by atoms with Crippen molar-refractivity contribution in [2.24, 2.45) is 5.73 Å². The van der Waals surface area contributed by atoms with Crippen LogP contribution in [-0.2, 0) is 4.74 Å². The molecular weight excluding hydrogens is 228 g/mol. The minimum absolute atomic E-state index is 0.0314. The van der Waals surface area contributed by atoms with Gasteiger partial charge in [0.15, 0.2) is 0 Å². The van der Waals surface area contributed by atoms with Crippen molar-refractivity contribution in [3.8, 4) is 0 Å². The SMILES string of the molecule is CC[C@H](N)c1ccccc1N1CCOCC1CO. The first-order valence-corrected chi connectivity index (χ1v) is 6.57. The molecule has 0 spiro atoms. The Morgan fingerprint density at radius 1 is 1.50 bits per heavy atom. The standard InChI is InChI=1S/C14H22N2O2/c1-2-13(15)12-5-3-4-6-14(12)16-7-8-18-10-11(16)9-17/h3-6,11,13,17H,2,7-10,15H2,1H3/t11?,13-/m0/s1. The van der Waals surface area contributed by atoms with E-state index in [9.17, 15) is 5.11 Å². The van der Waals surface area contributed by atoms with Crippen molar-refractivity contribution in [1.82, 2.24) is 0 Å².